The highest BCUT2D eigenvalue weighted by Gasteiger charge is 2.03. The first-order valence-electron chi connectivity index (χ1n) is 6.53. The number of aromatic nitrogens is 2. The fourth-order valence-corrected chi connectivity index (χ4v) is 1.93. The van der Waals surface area contributed by atoms with Crippen molar-refractivity contribution < 1.29 is 4.39 Å². The standard InChI is InChI=1S/C15H20FN3/c1-11(2)17-7-15-9-19(10-18-15)8-13-4-5-14(16)6-12(13)3/h4-6,9-11,17H,7-8H2,1-3H3. The van der Waals surface area contributed by atoms with Crippen LogP contribution in [0.3, 0.4) is 0 Å². The molecular formula is C15H20FN3. The molecule has 0 radical (unpaired) electrons. The maximum Gasteiger partial charge on any atom is 0.123 e. The van der Waals surface area contributed by atoms with E-state index in [4.69, 9.17) is 0 Å². The number of nitrogens with zero attached hydrogens (tertiary/aromatic N) is 2. The van der Waals surface area contributed by atoms with Crippen LogP contribution < -0.4 is 5.32 Å². The van der Waals surface area contributed by atoms with Gasteiger partial charge in [-0.25, -0.2) is 9.37 Å². The summed E-state index contributed by atoms with van der Waals surface area (Å²) in [5, 5.41) is 3.33. The Balaban J connectivity index is 2.03. The molecule has 0 atom stereocenters. The van der Waals surface area contributed by atoms with E-state index in [1.54, 1.807) is 6.07 Å². The zero-order chi connectivity index (χ0) is 13.8. The van der Waals surface area contributed by atoms with Crippen molar-refractivity contribution >= 4 is 0 Å². The number of imidazole rings is 1. The summed E-state index contributed by atoms with van der Waals surface area (Å²) >= 11 is 0. The lowest BCUT2D eigenvalue weighted by molar-refractivity contribution is 0.582. The summed E-state index contributed by atoms with van der Waals surface area (Å²) in [6.07, 6.45) is 3.85. The van der Waals surface area contributed by atoms with Crippen LogP contribution in [0.25, 0.3) is 0 Å². The van der Waals surface area contributed by atoms with E-state index in [1.807, 2.05) is 30.1 Å². The fourth-order valence-electron chi connectivity index (χ4n) is 1.93. The SMILES string of the molecule is Cc1cc(F)ccc1Cn1cnc(CNC(C)C)c1. The third kappa shape index (κ3) is 3.89. The zero-order valence-electron chi connectivity index (χ0n) is 11.7. The highest BCUT2D eigenvalue weighted by Crippen LogP contribution is 2.12. The maximum absolute atomic E-state index is 13.0. The summed E-state index contributed by atoms with van der Waals surface area (Å²) in [7, 11) is 0. The highest BCUT2D eigenvalue weighted by molar-refractivity contribution is 5.26. The van der Waals surface area contributed by atoms with E-state index in [1.165, 1.54) is 6.07 Å². The molecule has 0 saturated heterocycles. The molecule has 102 valence electrons. The number of aryl methyl sites for hydroxylation is 1. The van der Waals surface area contributed by atoms with E-state index < -0.39 is 0 Å². The van der Waals surface area contributed by atoms with E-state index in [9.17, 15) is 4.39 Å². The molecule has 0 aliphatic heterocycles. The van der Waals surface area contributed by atoms with Gasteiger partial charge in [-0.2, -0.15) is 0 Å². The first kappa shape index (κ1) is 13.7. The molecule has 0 aliphatic carbocycles. The van der Waals surface area contributed by atoms with E-state index in [0.29, 0.717) is 6.04 Å². The molecule has 0 unspecified atom stereocenters. The van der Waals surface area contributed by atoms with Gasteiger partial charge in [-0.15, -0.1) is 0 Å². The molecule has 1 heterocycles. The quantitative estimate of drug-likeness (QED) is 0.897. The molecule has 1 N–H and O–H groups in total. The van der Waals surface area contributed by atoms with Crippen molar-refractivity contribution in [3.8, 4) is 0 Å². The van der Waals surface area contributed by atoms with Crippen LogP contribution in [0.5, 0.6) is 0 Å². The van der Waals surface area contributed by atoms with E-state index in [0.717, 1.165) is 29.9 Å². The largest absolute Gasteiger partial charge is 0.333 e. The van der Waals surface area contributed by atoms with Gasteiger partial charge in [0.2, 0.25) is 0 Å². The highest BCUT2D eigenvalue weighted by atomic mass is 19.1. The molecule has 19 heavy (non-hydrogen) atoms. The van der Waals surface area contributed by atoms with Crippen LogP contribution >= 0.6 is 0 Å². The molecule has 3 nitrogen and oxygen atoms in total. The Labute approximate surface area is 113 Å². The fraction of sp³-hybridized carbons (Fsp3) is 0.400. The number of rotatable bonds is 5. The molecule has 0 fully saturated rings. The molecule has 4 heteroatoms. The lowest BCUT2D eigenvalue weighted by atomic mass is 10.1. The summed E-state index contributed by atoms with van der Waals surface area (Å²) in [4.78, 5) is 4.36. The van der Waals surface area contributed by atoms with Gasteiger partial charge in [0.25, 0.3) is 0 Å². The van der Waals surface area contributed by atoms with Crippen LogP contribution in [-0.2, 0) is 13.1 Å². The molecule has 0 spiro atoms. The van der Waals surface area contributed by atoms with Crippen LogP contribution in [0, 0.1) is 12.7 Å². The Morgan fingerprint density at radius 2 is 2.16 bits per heavy atom. The van der Waals surface area contributed by atoms with Gasteiger partial charge in [0, 0.05) is 25.3 Å². The van der Waals surface area contributed by atoms with Crippen LogP contribution in [0.4, 0.5) is 4.39 Å². The minimum atomic E-state index is -0.186. The van der Waals surface area contributed by atoms with Crippen molar-refractivity contribution in [2.45, 2.75) is 39.9 Å². The number of hydrogen-bond donors (Lipinski definition) is 1. The van der Waals surface area contributed by atoms with Crippen molar-refractivity contribution in [1.82, 2.24) is 14.9 Å². The molecule has 2 rings (SSSR count). The van der Waals surface area contributed by atoms with Crippen molar-refractivity contribution in [2.24, 2.45) is 0 Å². The molecule has 0 aliphatic rings. The molecule has 1 aromatic carbocycles. The first-order valence-corrected chi connectivity index (χ1v) is 6.53. The third-order valence-electron chi connectivity index (χ3n) is 3.04. The number of nitrogens with one attached hydrogen (secondary N) is 1. The third-order valence-corrected chi connectivity index (χ3v) is 3.04. The van der Waals surface area contributed by atoms with E-state index in [2.05, 4.69) is 24.1 Å². The second kappa shape index (κ2) is 5.97. The Bertz CT molecular complexity index is 546. The molecule has 0 bridgehead atoms. The van der Waals surface area contributed by atoms with Gasteiger partial charge in [0.1, 0.15) is 5.82 Å². The molecule has 2 aromatic rings. The predicted octanol–water partition coefficient (Wildman–Crippen LogP) is 2.88. The Morgan fingerprint density at radius 1 is 1.37 bits per heavy atom. The summed E-state index contributed by atoms with van der Waals surface area (Å²) in [6, 6.07) is 5.34. The summed E-state index contributed by atoms with van der Waals surface area (Å²) < 4.78 is 15.1. The number of halogens is 1. The number of hydrogen-bond acceptors (Lipinski definition) is 2. The average Bonchev–Trinajstić information content (AvgIpc) is 2.78. The zero-order valence-corrected chi connectivity index (χ0v) is 11.7. The van der Waals surface area contributed by atoms with Gasteiger partial charge in [-0.1, -0.05) is 19.9 Å². The van der Waals surface area contributed by atoms with Crippen LogP contribution in [0.2, 0.25) is 0 Å². The minimum absolute atomic E-state index is 0.186. The molecular weight excluding hydrogens is 241 g/mol. The molecule has 0 amide bonds. The van der Waals surface area contributed by atoms with E-state index in [-0.39, 0.29) is 5.82 Å². The van der Waals surface area contributed by atoms with Crippen molar-refractivity contribution in [3.63, 3.8) is 0 Å². The van der Waals surface area contributed by atoms with Gasteiger partial charge in [0.05, 0.1) is 12.0 Å². The second-order valence-electron chi connectivity index (χ2n) is 5.14. The summed E-state index contributed by atoms with van der Waals surface area (Å²) in [6.45, 7) is 7.64. The van der Waals surface area contributed by atoms with Crippen molar-refractivity contribution in [2.75, 3.05) is 0 Å². The lowest BCUT2D eigenvalue weighted by Gasteiger charge is -2.07. The first-order chi connectivity index (χ1) is 9.04. The van der Waals surface area contributed by atoms with Gasteiger partial charge < -0.3 is 9.88 Å². The van der Waals surface area contributed by atoms with Gasteiger partial charge in [0.15, 0.2) is 0 Å². The second-order valence-corrected chi connectivity index (χ2v) is 5.14. The van der Waals surface area contributed by atoms with Crippen LogP contribution in [0.1, 0.15) is 30.7 Å². The Morgan fingerprint density at radius 3 is 2.84 bits per heavy atom. The van der Waals surface area contributed by atoms with Crippen LogP contribution in [0.15, 0.2) is 30.7 Å². The maximum atomic E-state index is 13.0. The predicted molar refractivity (Wildman–Crippen MR) is 74.4 cm³/mol. The van der Waals surface area contributed by atoms with Gasteiger partial charge in [-0.3, -0.25) is 0 Å². The Kier molecular flexibility index (Phi) is 4.32. The smallest absolute Gasteiger partial charge is 0.123 e. The van der Waals surface area contributed by atoms with Crippen LogP contribution in [-0.4, -0.2) is 15.6 Å². The molecule has 0 saturated carbocycles. The Hall–Kier alpha value is -1.68. The monoisotopic (exact) mass is 261 g/mol. The minimum Gasteiger partial charge on any atom is -0.333 e. The average molecular weight is 261 g/mol. The topological polar surface area (TPSA) is 29.9 Å². The van der Waals surface area contributed by atoms with E-state index >= 15 is 0 Å². The van der Waals surface area contributed by atoms with Crippen molar-refractivity contribution in [1.29, 1.82) is 0 Å². The lowest BCUT2D eigenvalue weighted by Crippen LogP contribution is -2.21. The summed E-state index contributed by atoms with van der Waals surface area (Å²) in [5.41, 5.74) is 3.10. The van der Waals surface area contributed by atoms with Gasteiger partial charge in [-0.05, 0) is 30.2 Å². The number of benzene rings is 1. The normalized spacial score (nSPS) is 11.2. The van der Waals surface area contributed by atoms with Crippen molar-refractivity contribution in [3.05, 3.63) is 53.4 Å². The van der Waals surface area contributed by atoms with Gasteiger partial charge >= 0.3 is 0 Å². The molecule has 1 aromatic heterocycles. The summed E-state index contributed by atoms with van der Waals surface area (Å²) in [5.74, 6) is -0.186.